The number of hydrogen-bond donors (Lipinski definition) is 1. The fourth-order valence-electron chi connectivity index (χ4n) is 3.13. The van der Waals surface area contributed by atoms with E-state index in [1.165, 1.54) is 18.9 Å². The molecule has 0 spiro atoms. The van der Waals surface area contributed by atoms with E-state index >= 15 is 0 Å². The maximum atomic E-state index is 12.3. The highest BCUT2D eigenvalue weighted by molar-refractivity contribution is 8.26. The molecule has 29 heavy (non-hydrogen) atoms. The lowest BCUT2D eigenvalue weighted by Gasteiger charge is -2.28. The minimum atomic E-state index is -0.239. The van der Waals surface area contributed by atoms with Crippen LogP contribution >= 0.6 is 24.0 Å². The molecule has 0 unspecified atom stereocenters. The molecule has 1 N–H and O–H groups in total. The summed E-state index contributed by atoms with van der Waals surface area (Å²) in [5.74, 6) is 0.853. The molecule has 0 atom stereocenters. The number of benzene rings is 1. The summed E-state index contributed by atoms with van der Waals surface area (Å²) >= 11 is 6.18. The maximum Gasteiger partial charge on any atom is 0.340 e. The molecule has 1 aromatic heterocycles. The molecule has 0 radical (unpaired) electrons. The van der Waals surface area contributed by atoms with Crippen molar-refractivity contribution in [2.45, 2.75) is 0 Å². The first-order valence-electron chi connectivity index (χ1n) is 8.88. The third-order valence-corrected chi connectivity index (χ3v) is 5.68. The minimum absolute atomic E-state index is 0.239. The molecule has 0 saturated carbocycles. The van der Waals surface area contributed by atoms with Gasteiger partial charge in [-0.2, -0.15) is 0 Å². The molecule has 4 rings (SSSR count). The van der Waals surface area contributed by atoms with Gasteiger partial charge < -0.3 is 19.4 Å². The number of rotatable bonds is 5. The van der Waals surface area contributed by atoms with Gasteiger partial charge in [0, 0.05) is 30.8 Å². The summed E-state index contributed by atoms with van der Waals surface area (Å²) in [5.41, 5.74) is 1.88. The van der Waals surface area contributed by atoms with Crippen molar-refractivity contribution in [3.8, 4) is 11.3 Å². The van der Waals surface area contributed by atoms with E-state index in [0.29, 0.717) is 57.7 Å². The average molecular weight is 433 g/mol. The van der Waals surface area contributed by atoms with E-state index in [1.807, 2.05) is 12.1 Å². The molecule has 2 aliphatic rings. The Morgan fingerprint density at radius 1 is 1.28 bits per heavy atom. The lowest BCUT2D eigenvalue weighted by molar-refractivity contribution is -0.736. The van der Waals surface area contributed by atoms with Crippen molar-refractivity contribution < 1.29 is 23.7 Å². The number of anilines is 1. The number of morpholine rings is 1. The van der Waals surface area contributed by atoms with Crippen LogP contribution in [0.25, 0.3) is 17.4 Å². The van der Waals surface area contributed by atoms with Crippen LogP contribution in [0.1, 0.15) is 5.76 Å². The summed E-state index contributed by atoms with van der Waals surface area (Å²) < 4.78 is 11.7. The molecule has 2 aliphatic heterocycles. The Morgan fingerprint density at radius 2 is 2.07 bits per heavy atom. The largest absolute Gasteiger partial charge is 0.457 e. The molecule has 3 heterocycles. The van der Waals surface area contributed by atoms with Gasteiger partial charge in [-0.05, 0) is 24.3 Å². The summed E-state index contributed by atoms with van der Waals surface area (Å²) in [4.78, 5) is 32.1. The van der Waals surface area contributed by atoms with Crippen LogP contribution in [0, 0.1) is 4.91 Å². The quantitative estimate of drug-likeness (QED) is 0.438. The first-order valence-corrected chi connectivity index (χ1v) is 10.1. The minimum Gasteiger partial charge on any atom is -0.457 e. The number of ether oxygens (including phenoxy) is 1. The lowest BCUT2D eigenvalue weighted by Crippen LogP contribution is -2.36. The highest BCUT2D eigenvalue weighted by atomic mass is 32.2. The SMILES string of the molecule is CO[N+](=O)c1cc(-c2ccc(/C=C3\SC(=S)NC3=O)o2)ccc1N1CCOCC1. The van der Waals surface area contributed by atoms with Gasteiger partial charge in [0.25, 0.3) is 10.8 Å². The highest BCUT2D eigenvalue weighted by Crippen LogP contribution is 2.35. The molecule has 150 valence electrons. The first-order chi connectivity index (χ1) is 14.0. The van der Waals surface area contributed by atoms with Gasteiger partial charge in [0.1, 0.15) is 21.5 Å². The normalized spacial score (nSPS) is 18.2. The van der Waals surface area contributed by atoms with Crippen molar-refractivity contribution in [1.82, 2.24) is 5.32 Å². The van der Waals surface area contributed by atoms with Crippen molar-refractivity contribution >= 4 is 51.7 Å². The molecule has 1 amide bonds. The number of carbonyl (C=O) groups excluding carboxylic acids is 1. The van der Waals surface area contributed by atoms with Gasteiger partial charge in [-0.15, -0.1) is 0 Å². The van der Waals surface area contributed by atoms with Crippen molar-refractivity contribution in [2.24, 2.45) is 0 Å². The molecule has 0 bridgehead atoms. The number of hydrogen-bond acceptors (Lipinski definition) is 8. The molecular formula is C19H18N3O5S2+. The van der Waals surface area contributed by atoms with Gasteiger partial charge in [-0.3, -0.25) is 4.79 Å². The summed E-state index contributed by atoms with van der Waals surface area (Å²) in [5, 5.41) is 2.57. The summed E-state index contributed by atoms with van der Waals surface area (Å²) in [7, 11) is 1.33. The molecule has 2 aromatic rings. The van der Waals surface area contributed by atoms with Crippen LogP contribution in [-0.2, 0) is 14.4 Å². The van der Waals surface area contributed by atoms with Crippen LogP contribution in [0.15, 0.2) is 39.7 Å². The lowest BCUT2D eigenvalue weighted by atomic mass is 10.1. The smallest absolute Gasteiger partial charge is 0.340 e. The van der Waals surface area contributed by atoms with Gasteiger partial charge >= 0.3 is 5.69 Å². The van der Waals surface area contributed by atoms with E-state index in [9.17, 15) is 9.70 Å². The van der Waals surface area contributed by atoms with E-state index in [1.54, 1.807) is 24.3 Å². The number of furan rings is 1. The molecule has 1 aromatic carbocycles. The second kappa shape index (κ2) is 8.36. The summed E-state index contributed by atoms with van der Waals surface area (Å²) in [6, 6.07) is 9.04. The molecule has 2 fully saturated rings. The van der Waals surface area contributed by atoms with Gasteiger partial charge in [0.15, 0.2) is 7.11 Å². The number of nitrogens with one attached hydrogen (secondary N) is 1. The van der Waals surface area contributed by atoms with Gasteiger partial charge in [0.05, 0.1) is 23.0 Å². The number of carbonyl (C=O) groups is 1. The fourth-order valence-corrected chi connectivity index (χ4v) is 4.15. The van der Waals surface area contributed by atoms with Crippen LogP contribution in [-0.4, -0.2) is 48.6 Å². The van der Waals surface area contributed by atoms with Crippen molar-refractivity contribution in [2.75, 3.05) is 38.3 Å². The Morgan fingerprint density at radius 3 is 2.76 bits per heavy atom. The van der Waals surface area contributed by atoms with Crippen molar-refractivity contribution in [3.05, 3.63) is 45.9 Å². The number of thioether (sulfide) groups is 1. The Balaban J connectivity index is 1.64. The second-order valence-electron chi connectivity index (χ2n) is 6.30. The maximum absolute atomic E-state index is 12.3. The van der Waals surface area contributed by atoms with Gasteiger partial charge in [-0.25, -0.2) is 4.84 Å². The zero-order valence-electron chi connectivity index (χ0n) is 15.5. The second-order valence-corrected chi connectivity index (χ2v) is 8.02. The zero-order valence-corrected chi connectivity index (χ0v) is 17.2. The molecular weight excluding hydrogens is 414 g/mol. The average Bonchev–Trinajstić information content (AvgIpc) is 3.33. The third-order valence-electron chi connectivity index (χ3n) is 4.52. The van der Waals surface area contributed by atoms with Crippen molar-refractivity contribution in [1.29, 1.82) is 0 Å². The van der Waals surface area contributed by atoms with Gasteiger partial charge in [-0.1, -0.05) is 24.0 Å². The van der Waals surface area contributed by atoms with E-state index in [0.717, 1.165) is 11.3 Å². The Bertz CT molecular complexity index is 1010. The zero-order chi connectivity index (χ0) is 20.4. The van der Waals surface area contributed by atoms with Gasteiger partial charge in [0.2, 0.25) is 0 Å². The van der Waals surface area contributed by atoms with E-state index < -0.39 is 0 Å². The molecule has 0 aliphatic carbocycles. The Hall–Kier alpha value is -2.69. The summed E-state index contributed by atoms with van der Waals surface area (Å²) in [6.07, 6.45) is 1.64. The van der Waals surface area contributed by atoms with Crippen LogP contribution < -0.4 is 10.2 Å². The summed E-state index contributed by atoms with van der Waals surface area (Å²) in [6.45, 7) is 2.62. The van der Waals surface area contributed by atoms with E-state index in [2.05, 4.69) is 10.2 Å². The van der Waals surface area contributed by atoms with E-state index in [4.69, 9.17) is 26.2 Å². The highest BCUT2D eigenvalue weighted by Gasteiger charge is 2.27. The number of nitrogens with zero attached hydrogens (tertiary/aromatic N) is 2. The number of amides is 1. The molecule has 10 heteroatoms. The first kappa shape index (κ1) is 19.6. The fraction of sp³-hybridized carbons (Fsp3) is 0.263. The Kier molecular flexibility index (Phi) is 5.65. The standard InChI is InChI=1S/C19H17N3O5S2/c1-25-22(24)15-10-12(2-4-14(15)21-6-8-26-9-7-21)16-5-3-13(27-16)11-17-18(23)20-19(28)29-17/h2-5,10-11H,6-9H2,1H3/p+1/b17-11-. The van der Waals surface area contributed by atoms with Crippen molar-refractivity contribution in [3.63, 3.8) is 0 Å². The van der Waals surface area contributed by atoms with Crippen LogP contribution in [0.5, 0.6) is 0 Å². The van der Waals surface area contributed by atoms with Crippen LogP contribution in [0.4, 0.5) is 11.4 Å². The predicted octanol–water partition coefficient (Wildman–Crippen LogP) is 3.24. The molecule has 2 saturated heterocycles. The third kappa shape index (κ3) is 4.19. The number of thiocarbonyl (C=S) groups is 1. The predicted molar refractivity (Wildman–Crippen MR) is 114 cm³/mol. The monoisotopic (exact) mass is 432 g/mol. The molecule has 8 nitrogen and oxygen atoms in total. The Labute approximate surface area is 176 Å². The van der Waals surface area contributed by atoms with Crippen LogP contribution in [0.3, 0.4) is 0 Å². The van der Waals surface area contributed by atoms with E-state index in [-0.39, 0.29) is 5.91 Å². The topological polar surface area (TPSA) is 84.0 Å². The van der Waals surface area contributed by atoms with Crippen LogP contribution in [0.2, 0.25) is 0 Å².